The first-order valence-corrected chi connectivity index (χ1v) is 6.37. The Bertz CT molecular complexity index is 244. The second-order valence-electron chi connectivity index (χ2n) is 3.22. The molecule has 0 aliphatic rings. The fourth-order valence-corrected chi connectivity index (χ4v) is 1.97. The number of hydrogen-bond acceptors (Lipinski definition) is 4. The van der Waals surface area contributed by atoms with Gasteiger partial charge >= 0.3 is 0 Å². The molecule has 0 aromatic carbocycles. The van der Waals surface area contributed by atoms with Crippen LogP contribution in [-0.2, 0) is 6.54 Å². The van der Waals surface area contributed by atoms with Gasteiger partial charge in [0.25, 0.3) is 0 Å². The van der Waals surface area contributed by atoms with Gasteiger partial charge in [-0.25, -0.2) is 0 Å². The number of aliphatic hydroxyl groups excluding tert-OH is 1. The minimum atomic E-state index is 0.303. The van der Waals surface area contributed by atoms with E-state index >= 15 is 0 Å². The van der Waals surface area contributed by atoms with Gasteiger partial charge in [-0.15, -0.1) is 0 Å². The van der Waals surface area contributed by atoms with E-state index in [-0.39, 0.29) is 0 Å². The van der Waals surface area contributed by atoms with Crippen LogP contribution in [0.2, 0.25) is 0 Å². The first-order valence-electron chi connectivity index (χ1n) is 5.21. The molecular weight excluding hydrogens is 208 g/mol. The molecule has 0 aliphatic carbocycles. The molecule has 1 rings (SSSR count). The average Bonchev–Trinajstić information content (AvgIpc) is 2.29. The van der Waals surface area contributed by atoms with Crippen molar-refractivity contribution < 1.29 is 5.11 Å². The predicted octanol–water partition coefficient (Wildman–Crippen LogP) is 1.29. The molecule has 0 fully saturated rings. The minimum absolute atomic E-state index is 0.303. The van der Waals surface area contributed by atoms with Crippen LogP contribution in [0.4, 0.5) is 0 Å². The standard InChI is InChI=1S/C11H18N2OS/c14-7-1-8-15-9-6-13-10-11-2-4-12-5-3-11/h2-5,13-14H,1,6-10H2. The molecule has 2 N–H and O–H groups in total. The predicted molar refractivity (Wildman–Crippen MR) is 65.0 cm³/mol. The van der Waals surface area contributed by atoms with E-state index in [1.807, 2.05) is 36.3 Å². The van der Waals surface area contributed by atoms with Crippen molar-refractivity contribution in [2.75, 3.05) is 24.7 Å². The molecule has 0 spiro atoms. The summed E-state index contributed by atoms with van der Waals surface area (Å²) in [6.07, 6.45) is 4.52. The van der Waals surface area contributed by atoms with E-state index < -0.39 is 0 Å². The summed E-state index contributed by atoms with van der Waals surface area (Å²) < 4.78 is 0. The molecule has 0 amide bonds. The van der Waals surface area contributed by atoms with Crippen molar-refractivity contribution in [1.82, 2.24) is 10.3 Å². The van der Waals surface area contributed by atoms with Crippen LogP contribution in [-0.4, -0.2) is 34.7 Å². The third-order valence-corrected chi connectivity index (χ3v) is 3.02. The molecule has 15 heavy (non-hydrogen) atoms. The van der Waals surface area contributed by atoms with Crippen molar-refractivity contribution in [3.63, 3.8) is 0 Å². The van der Waals surface area contributed by atoms with Gasteiger partial charge < -0.3 is 10.4 Å². The summed E-state index contributed by atoms with van der Waals surface area (Å²) in [7, 11) is 0. The zero-order chi connectivity index (χ0) is 10.8. The Kier molecular flexibility index (Phi) is 7.25. The van der Waals surface area contributed by atoms with E-state index in [1.54, 1.807) is 0 Å². The van der Waals surface area contributed by atoms with Gasteiger partial charge in [-0.2, -0.15) is 11.8 Å². The molecule has 0 bridgehead atoms. The number of hydrogen-bond donors (Lipinski definition) is 2. The first-order chi connectivity index (χ1) is 7.43. The number of pyridine rings is 1. The van der Waals surface area contributed by atoms with E-state index in [0.29, 0.717) is 6.61 Å². The average molecular weight is 226 g/mol. The van der Waals surface area contributed by atoms with Gasteiger partial charge in [-0.1, -0.05) is 0 Å². The van der Waals surface area contributed by atoms with Crippen LogP contribution < -0.4 is 5.32 Å². The molecule has 1 aromatic heterocycles. The lowest BCUT2D eigenvalue weighted by atomic mass is 10.3. The molecule has 84 valence electrons. The summed E-state index contributed by atoms with van der Waals surface area (Å²) in [6.45, 7) is 2.22. The van der Waals surface area contributed by atoms with E-state index in [2.05, 4.69) is 10.3 Å². The van der Waals surface area contributed by atoms with Crippen molar-refractivity contribution in [3.05, 3.63) is 30.1 Å². The van der Waals surface area contributed by atoms with Gasteiger partial charge in [-0.3, -0.25) is 4.98 Å². The lowest BCUT2D eigenvalue weighted by molar-refractivity contribution is 0.296. The Balaban J connectivity index is 1.93. The van der Waals surface area contributed by atoms with Crippen LogP contribution in [0.1, 0.15) is 12.0 Å². The maximum atomic E-state index is 8.58. The van der Waals surface area contributed by atoms with E-state index in [0.717, 1.165) is 31.0 Å². The highest BCUT2D eigenvalue weighted by atomic mass is 32.2. The second-order valence-corrected chi connectivity index (χ2v) is 4.45. The van der Waals surface area contributed by atoms with Crippen LogP contribution in [0.5, 0.6) is 0 Å². The van der Waals surface area contributed by atoms with Crippen LogP contribution in [0.3, 0.4) is 0 Å². The summed E-state index contributed by atoms with van der Waals surface area (Å²) in [5.41, 5.74) is 1.27. The van der Waals surface area contributed by atoms with Crippen LogP contribution >= 0.6 is 11.8 Å². The van der Waals surface area contributed by atoms with E-state index in [1.165, 1.54) is 5.56 Å². The maximum Gasteiger partial charge on any atom is 0.0438 e. The lowest BCUT2D eigenvalue weighted by Crippen LogP contribution is -2.16. The molecule has 3 nitrogen and oxygen atoms in total. The largest absolute Gasteiger partial charge is 0.396 e. The minimum Gasteiger partial charge on any atom is -0.396 e. The fraction of sp³-hybridized carbons (Fsp3) is 0.545. The molecule has 0 aliphatic heterocycles. The molecule has 0 saturated heterocycles. The Labute approximate surface area is 95.3 Å². The highest BCUT2D eigenvalue weighted by Gasteiger charge is 1.91. The van der Waals surface area contributed by atoms with E-state index in [9.17, 15) is 0 Å². The van der Waals surface area contributed by atoms with Gasteiger partial charge in [-0.05, 0) is 29.9 Å². The third kappa shape index (κ3) is 6.49. The molecule has 0 saturated carbocycles. The number of nitrogens with zero attached hydrogens (tertiary/aromatic N) is 1. The summed E-state index contributed by atoms with van der Waals surface area (Å²) in [6, 6.07) is 4.04. The van der Waals surface area contributed by atoms with Crippen molar-refractivity contribution >= 4 is 11.8 Å². The normalized spacial score (nSPS) is 10.5. The van der Waals surface area contributed by atoms with E-state index in [4.69, 9.17) is 5.11 Å². The summed E-state index contributed by atoms with van der Waals surface area (Å²) in [4.78, 5) is 3.97. The smallest absolute Gasteiger partial charge is 0.0438 e. The van der Waals surface area contributed by atoms with Crippen molar-refractivity contribution in [1.29, 1.82) is 0 Å². The van der Waals surface area contributed by atoms with Crippen LogP contribution in [0.15, 0.2) is 24.5 Å². The highest BCUT2D eigenvalue weighted by Crippen LogP contribution is 2.00. The van der Waals surface area contributed by atoms with Crippen molar-refractivity contribution in [2.45, 2.75) is 13.0 Å². The Morgan fingerprint density at radius 2 is 2.07 bits per heavy atom. The Morgan fingerprint density at radius 3 is 2.80 bits per heavy atom. The van der Waals surface area contributed by atoms with Gasteiger partial charge in [0.05, 0.1) is 0 Å². The lowest BCUT2D eigenvalue weighted by Gasteiger charge is -2.04. The fourth-order valence-electron chi connectivity index (χ4n) is 1.15. The van der Waals surface area contributed by atoms with Gasteiger partial charge in [0, 0.05) is 37.8 Å². The second kappa shape index (κ2) is 8.71. The molecule has 1 aromatic rings. The third-order valence-electron chi connectivity index (χ3n) is 1.95. The van der Waals surface area contributed by atoms with Gasteiger partial charge in [0.1, 0.15) is 0 Å². The monoisotopic (exact) mass is 226 g/mol. The Hall–Kier alpha value is -0.580. The molecule has 4 heteroatoms. The number of aromatic nitrogens is 1. The zero-order valence-corrected chi connectivity index (χ0v) is 9.67. The number of thioether (sulfide) groups is 1. The summed E-state index contributed by atoms with van der Waals surface area (Å²) in [5, 5.41) is 12.0. The number of rotatable bonds is 8. The number of aliphatic hydroxyl groups is 1. The molecule has 0 radical (unpaired) electrons. The quantitative estimate of drug-likeness (QED) is 0.656. The van der Waals surface area contributed by atoms with Gasteiger partial charge in [0.15, 0.2) is 0 Å². The van der Waals surface area contributed by atoms with Crippen LogP contribution in [0, 0.1) is 0 Å². The Morgan fingerprint density at radius 1 is 1.27 bits per heavy atom. The summed E-state index contributed by atoms with van der Waals surface area (Å²) in [5.74, 6) is 2.15. The van der Waals surface area contributed by atoms with Gasteiger partial charge in [0.2, 0.25) is 0 Å². The van der Waals surface area contributed by atoms with Crippen LogP contribution in [0.25, 0.3) is 0 Å². The first kappa shape index (κ1) is 12.5. The van der Waals surface area contributed by atoms with Crippen molar-refractivity contribution in [3.8, 4) is 0 Å². The maximum absolute atomic E-state index is 8.58. The molecule has 0 atom stereocenters. The molecular formula is C11H18N2OS. The zero-order valence-electron chi connectivity index (χ0n) is 8.85. The highest BCUT2D eigenvalue weighted by molar-refractivity contribution is 7.99. The van der Waals surface area contributed by atoms with Crippen molar-refractivity contribution in [2.24, 2.45) is 0 Å². The SMILES string of the molecule is OCCCSCCNCc1ccncc1. The molecule has 1 heterocycles. The topological polar surface area (TPSA) is 45.1 Å². The number of nitrogens with one attached hydrogen (secondary N) is 1. The summed E-state index contributed by atoms with van der Waals surface area (Å²) >= 11 is 1.88. The molecule has 0 unspecified atom stereocenters.